The van der Waals surface area contributed by atoms with Gasteiger partial charge in [-0.2, -0.15) is 0 Å². The number of nitrogens with zero attached hydrogens (tertiary/aromatic N) is 2. The predicted molar refractivity (Wildman–Crippen MR) is 109 cm³/mol. The number of nitrogens with one attached hydrogen (secondary N) is 1. The zero-order chi connectivity index (χ0) is 18.5. The van der Waals surface area contributed by atoms with Crippen LogP contribution in [-0.2, 0) is 0 Å². The molecule has 2 aromatic carbocycles. The average Bonchev–Trinajstić information content (AvgIpc) is 2.65. The minimum absolute atomic E-state index is 0.0751. The van der Waals surface area contributed by atoms with Gasteiger partial charge >= 0.3 is 6.03 Å². The van der Waals surface area contributed by atoms with Crippen LogP contribution in [0.3, 0.4) is 0 Å². The lowest BCUT2D eigenvalue weighted by Gasteiger charge is -2.36. The third-order valence-corrected chi connectivity index (χ3v) is 5.20. The molecule has 1 saturated heterocycles. The van der Waals surface area contributed by atoms with Crippen LogP contribution in [0.2, 0.25) is 5.02 Å². The van der Waals surface area contributed by atoms with E-state index >= 15 is 0 Å². The lowest BCUT2D eigenvalue weighted by Crippen LogP contribution is -2.51. The van der Waals surface area contributed by atoms with Gasteiger partial charge in [-0.3, -0.25) is 0 Å². The molecule has 0 aromatic heterocycles. The van der Waals surface area contributed by atoms with E-state index < -0.39 is 0 Å². The first kappa shape index (κ1) is 18.3. The van der Waals surface area contributed by atoms with Crippen LogP contribution in [0.4, 0.5) is 10.5 Å². The first-order chi connectivity index (χ1) is 12.6. The molecule has 136 valence electrons. The highest BCUT2D eigenvalue weighted by molar-refractivity contribution is 6.32. The number of halogens is 1. The maximum absolute atomic E-state index is 12.3. The monoisotopic (exact) mass is 369 g/mol. The number of carbonyl (C=O) groups excluding carboxylic acids is 1. The largest absolute Gasteiger partial charge is 0.368 e. The molecule has 0 atom stereocenters. The molecule has 0 spiro atoms. The van der Waals surface area contributed by atoms with E-state index in [1.165, 1.54) is 16.8 Å². The van der Waals surface area contributed by atoms with Gasteiger partial charge in [0.2, 0.25) is 0 Å². The third kappa shape index (κ3) is 4.20. The second-order valence-corrected chi connectivity index (χ2v) is 6.90. The third-order valence-electron chi connectivity index (χ3n) is 4.86. The molecule has 2 aromatic rings. The predicted octanol–water partition coefficient (Wildman–Crippen LogP) is 4.46. The Bertz CT molecular complexity index is 811. The Morgan fingerprint density at radius 3 is 2.50 bits per heavy atom. The molecule has 0 radical (unpaired) electrons. The summed E-state index contributed by atoms with van der Waals surface area (Å²) < 4.78 is 0. The van der Waals surface area contributed by atoms with Crippen LogP contribution in [-0.4, -0.2) is 37.1 Å². The van der Waals surface area contributed by atoms with Gasteiger partial charge in [0, 0.05) is 43.1 Å². The van der Waals surface area contributed by atoms with E-state index in [4.69, 9.17) is 11.6 Å². The molecule has 1 aliphatic heterocycles. The van der Waals surface area contributed by atoms with Crippen LogP contribution < -0.4 is 10.2 Å². The van der Waals surface area contributed by atoms with Crippen molar-refractivity contribution in [1.29, 1.82) is 0 Å². The maximum Gasteiger partial charge on any atom is 0.321 e. The van der Waals surface area contributed by atoms with E-state index in [0.717, 1.165) is 18.7 Å². The number of rotatable bonds is 3. The summed E-state index contributed by atoms with van der Waals surface area (Å²) in [6.45, 7) is 7.38. The number of anilines is 1. The number of hydrogen-bond acceptors (Lipinski definition) is 2. The van der Waals surface area contributed by atoms with Gasteiger partial charge in [0.25, 0.3) is 0 Å². The van der Waals surface area contributed by atoms with E-state index in [0.29, 0.717) is 18.1 Å². The molecule has 0 unspecified atom stereocenters. The molecule has 1 aliphatic rings. The van der Waals surface area contributed by atoms with Crippen LogP contribution in [0.25, 0.3) is 6.08 Å². The number of piperazine rings is 1. The molecule has 5 heteroatoms. The molecule has 3 rings (SSSR count). The van der Waals surface area contributed by atoms with Crippen molar-refractivity contribution in [2.24, 2.45) is 0 Å². The van der Waals surface area contributed by atoms with E-state index in [1.54, 1.807) is 6.20 Å². The van der Waals surface area contributed by atoms with Gasteiger partial charge in [-0.15, -0.1) is 0 Å². The topological polar surface area (TPSA) is 35.6 Å². The van der Waals surface area contributed by atoms with Crippen molar-refractivity contribution in [2.75, 3.05) is 31.1 Å². The van der Waals surface area contributed by atoms with Crippen LogP contribution in [0.1, 0.15) is 16.7 Å². The fourth-order valence-electron chi connectivity index (χ4n) is 3.13. The Hall–Kier alpha value is -2.46. The standard InChI is InChI=1S/C21H24ClN3O/c1-16-6-5-9-20(17(16)2)24-12-14-25(15-13-24)21(26)23-11-10-18-7-3-4-8-19(18)22/h3-11H,12-15H2,1-2H3,(H,23,26)/b11-10+. The highest BCUT2D eigenvalue weighted by atomic mass is 35.5. The van der Waals surface area contributed by atoms with E-state index in [9.17, 15) is 4.79 Å². The van der Waals surface area contributed by atoms with Gasteiger partial charge in [-0.1, -0.05) is 41.9 Å². The molecular formula is C21H24ClN3O. The van der Waals surface area contributed by atoms with Crippen molar-refractivity contribution in [2.45, 2.75) is 13.8 Å². The van der Waals surface area contributed by atoms with E-state index in [1.807, 2.05) is 35.2 Å². The van der Waals surface area contributed by atoms with Crippen LogP contribution in [0.15, 0.2) is 48.7 Å². The molecule has 26 heavy (non-hydrogen) atoms. The molecular weight excluding hydrogens is 346 g/mol. The number of carbonyl (C=O) groups is 1. The van der Waals surface area contributed by atoms with Crippen molar-refractivity contribution in [1.82, 2.24) is 10.2 Å². The lowest BCUT2D eigenvalue weighted by molar-refractivity contribution is 0.198. The number of benzene rings is 2. The quantitative estimate of drug-likeness (QED) is 0.867. The molecule has 1 heterocycles. The number of hydrogen-bond donors (Lipinski definition) is 1. The van der Waals surface area contributed by atoms with E-state index in [-0.39, 0.29) is 6.03 Å². The second kappa shape index (κ2) is 8.28. The molecule has 1 fully saturated rings. The second-order valence-electron chi connectivity index (χ2n) is 6.50. The van der Waals surface area contributed by atoms with Crippen LogP contribution >= 0.6 is 11.6 Å². The summed E-state index contributed by atoms with van der Waals surface area (Å²) in [7, 11) is 0. The molecule has 2 amide bonds. The van der Waals surface area contributed by atoms with E-state index in [2.05, 4.69) is 42.3 Å². The summed E-state index contributed by atoms with van der Waals surface area (Å²) >= 11 is 6.11. The Morgan fingerprint density at radius 2 is 1.77 bits per heavy atom. The van der Waals surface area contributed by atoms with Gasteiger partial charge in [0.15, 0.2) is 0 Å². The summed E-state index contributed by atoms with van der Waals surface area (Å²) in [5, 5.41) is 3.50. The smallest absolute Gasteiger partial charge is 0.321 e. The van der Waals surface area contributed by atoms with Crippen LogP contribution in [0, 0.1) is 13.8 Å². The zero-order valence-electron chi connectivity index (χ0n) is 15.2. The summed E-state index contributed by atoms with van der Waals surface area (Å²) in [4.78, 5) is 16.5. The summed E-state index contributed by atoms with van der Waals surface area (Å²) in [6.07, 6.45) is 3.47. The zero-order valence-corrected chi connectivity index (χ0v) is 16.0. The number of urea groups is 1. The summed E-state index contributed by atoms with van der Waals surface area (Å²) in [5.74, 6) is 0. The summed E-state index contributed by atoms with van der Waals surface area (Å²) in [6, 6.07) is 13.8. The number of amides is 2. The highest BCUT2D eigenvalue weighted by Gasteiger charge is 2.21. The lowest BCUT2D eigenvalue weighted by atomic mass is 10.1. The minimum Gasteiger partial charge on any atom is -0.368 e. The first-order valence-corrected chi connectivity index (χ1v) is 9.22. The molecule has 0 bridgehead atoms. The van der Waals surface area contributed by atoms with Gasteiger partial charge in [-0.25, -0.2) is 4.79 Å². The fourth-order valence-corrected chi connectivity index (χ4v) is 3.33. The molecule has 0 saturated carbocycles. The normalized spacial score (nSPS) is 14.7. The molecule has 0 aliphatic carbocycles. The SMILES string of the molecule is Cc1cccc(N2CCN(C(=O)N/C=C/c3ccccc3Cl)CC2)c1C. The highest BCUT2D eigenvalue weighted by Crippen LogP contribution is 2.23. The van der Waals surface area contributed by atoms with Crippen LogP contribution in [0.5, 0.6) is 0 Å². The van der Waals surface area contributed by atoms with Crippen molar-refractivity contribution < 1.29 is 4.79 Å². The van der Waals surface area contributed by atoms with Crippen molar-refractivity contribution in [3.8, 4) is 0 Å². The molecule has 4 nitrogen and oxygen atoms in total. The Balaban J connectivity index is 1.54. The minimum atomic E-state index is -0.0751. The van der Waals surface area contributed by atoms with Gasteiger partial charge in [0.05, 0.1) is 0 Å². The fraction of sp³-hybridized carbons (Fsp3) is 0.286. The van der Waals surface area contributed by atoms with Gasteiger partial charge < -0.3 is 15.1 Å². The van der Waals surface area contributed by atoms with Crippen molar-refractivity contribution in [3.63, 3.8) is 0 Å². The van der Waals surface area contributed by atoms with Crippen molar-refractivity contribution in [3.05, 3.63) is 70.4 Å². The Labute approximate surface area is 160 Å². The average molecular weight is 370 g/mol. The Kier molecular flexibility index (Phi) is 5.84. The summed E-state index contributed by atoms with van der Waals surface area (Å²) in [5.41, 5.74) is 4.76. The maximum atomic E-state index is 12.3. The van der Waals surface area contributed by atoms with Gasteiger partial charge in [-0.05, 0) is 48.7 Å². The number of aryl methyl sites for hydroxylation is 1. The van der Waals surface area contributed by atoms with Gasteiger partial charge in [0.1, 0.15) is 0 Å². The molecule has 1 N–H and O–H groups in total. The first-order valence-electron chi connectivity index (χ1n) is 8.84. The Morgan fingerprint density at radius 1 is 1.04 bits per heavy atom. The van der Waals surface area contributed by atoms with Crippen molar-refractivity contribution >= 4 is 29.4 Å².